The van der Waals surface area contributed by atoms with Gasteiger partial charge in [0.05, 0.1) is 16.9 Å². The fraction of sp³-hybridized carbons (Fsp3) is 0.261. The van der Waals surface area contributed by atoms with Crippen molar-refractivity contribution in [2.24, 2.45) is 0 Å². The highest BCUT2D eigenvalue weighted by Gasteiger charge is 2.25. The van der Waals surface area contributed by atoms with Gasteiger partial charge in [-0.3, -0.25) is 0 Å². The number of phenolic OH excluding ortho intramolecular Hbond substituents is 1. The molecule has 154 valence electrons. The Kier molecular flexibility index (Phi) is 5.27. The first-order valence-electron chi connectivity index (χ1n) is 9.94. The maximum atomic E-state index is 11.2. The number of anilines is 2. The second-order valence-electron chi connectivity index (χ2n) is 7.68. The van der Waals surface area contributed by atoms with E-state index in [1.165, 1.54) is 0 Å². The maximum absolute atomic E-state index is 11.2. The first kappa shape index (κ1) is 19.7. The summed E-state index contributed by atoms with van der Waals surface area (Å²) in [5.74, 6) is -0.147. The summed E-state index contributed by atoms with van der Waals surface area (Å²) in [5, 5.41) is 27.7. The van der Waals surface area contributed by atoms with Crippen molar-refractivity contribution in [3.05, 3.63) is 65.2 Å². The van der Waals surface area contributed by atoms with Crippen molar-refractivity contribution in [2.45, 2.75) is 25.7 Å². The van der Waals surface area contributed by atoms with Crippen LogP contribution in [-0.4, -0.2) is 39.5 Å². The van der Waals surface area contributed by atoms with E-state index in [0.29, 0.717) is 22.6 Å². The second kappa shape index (κ2) is 8.02. The van der Waals surface area contributed by atoms with Crippen LogP contribution >= 0.6 is 0 Å². The van der Waals surface area contributed by atoms with Gasteiger partial charge < -0.3 is 20.8 Å². The van der Waals surface area contributed by atoms with Gasteiger partial charge >= 0.3 is 5.97 Å². The van der Waals surface area contributed by atoms with Gasteiger partial charge in [-0.1, -0.05) is 18.2 Å². The Morgan fingerprint density at radius 2 is 1.97 bits per heavy atom. The molecule has 2 aromatic carbocycles. The molecule has 1 aliphatic heterocycles. The van der Waals surface area contributed by atoms with Crippen LogP contribution in [0.3, 0.4) is 0 Å². The van der Waals surface area contributed by atoms with Crippen molar-refractivity contribution < 1.29 is 15.0 Å². The van der Waals surface area contributed by atoms with Crippen molar-refractivity contribution in [2.75, 3.05) is 23.7 Å². The molecule has 1 atom stereocenters. The number of carbonyl (C=O) groups is 1. The smallest absolute Gasteiger partial charge is 0.335 e. The van der Waals surface area contributed by atoms with Crippen molar-refractivity contribution in [3.8, 4) is 17.0 Å². The van der Waals surface area contributed by atoms with Crippen LogP contribution in [0.1, 0.15) is 40.2 Å². The van der Waals surface area contributed by atoms with E-state index in [1.807, 2.05) is 25.1 Å². The number of phenols is 1. The molecular weight excluding hydrogens is 380 g/mol. The number of hydrogen-bond acceptors (Lipinski definition) is 6. The van der Waals surface area contributed by atoms with Gasteiger partial charge in [-0.25, -0.2) is 4.79 Å². The third kappa shape index (κ3) is 3.78. The normalized spacial score (nSPS) is 16.4. The summed E-state index contributed by atoms with van der Waals surface area (Å²) in [6, 6.07) is 14.2. The van der Waals surface area contributed by atoms with Crippen molar-refractivity contribution >= 4 is 17.5 Å². The molecule has 2 heterocycles. The van der Waals surface area contributed by atoms with Gasteiger partial charge in [-0.05, 0) is 61.2 Å². The monoisotopic (exact) mass is 404 g/mol. The average molecular weight is 404 g/mol. The van der Waals surface area contributed by atoms with Crippen LogP contribution in [0.25, 0.3) is 11.3 Å². The number of aryl methyl sites for hydroxylation is 1. The van der Waals surface area contributed by atoms with Gasteiger partial charge in [0.2, 0.25) is 0 Å². The number of aromatic carboxylic acids is 1. The standard InChI is InChI=1S/C23H24N4O3/c1-14-11-15(23(29)30)8-9-17(14)16-5-4-10-27(13-16)20-12-19(25-26-22(20)24)18-6-2-3-7-21(18)28/h2-3,6-9,11-12,16,28H,4-5,10,13H2,1H3,(H2,24,26)(H,29,30)/t16-/m0/s1. The highest BCUT2D eigenvalue weighted by atomic mass is 16.4. The molecule has 0 spiro atoms. The summed E-state index contributed by atoms with van der Waals surface area (Å²) in [6.45, 7) is 3.56. The van der Waals surface area contributed by atoms with Crippen LogP contribution in [0.15, 0.2) is 48.5 Å². The van der Waals surface area contributed by atoms with Gasteiger partial charge in [-0.15, -0.1) is 10.2 Å². The molecule has 7 heteroatoms. The Hall–Kier alpha value is -3.61. The number of carboxylic acids is 1. The Balaban J connectivity index is 1.63. The summed E-state index contributed by atoms with van der Waals surface area (Å²) >= 11 is 0. The van der Waals surface area contributed by atoms with Crippen molar-refractivity contribution in [1.82, 2.24) is 10.2 Å². The lowest BCUT2D eigenvalue weighted by atomic mass is 9.87. The molecule has 1 fully saturated rings. The molecule has 30 heavy (non-hydrogen) atoms. The predicted molar refractivity (Wildman–Crippen MR) is 116 cm³/mol. The Morgan fingerprint density at radius 1 is 1.17 bits per heavy atom. The van der Waals surface area contributed by atoms with E-state index in [0.717, 1.165) is 42.7 Å². The number of rotatable bonds is 4. The van der Waals surface area contributed by atoms with E-state index < -0.39 is 5.97 Å². The van der Waals surface area contributed by atoms with Gasteiger partial charge in [0, 0.05) is 24.6 Å². The quantitative estimate of drug-likeness (QED) is 0.606. The van der Waals surface area contributed by atoms with Crippen LogP contribution in [0.5, 0.6) is 5.75 Å². The van der Waals surface area contributed by atoms with E-state index in [4.69, 9.17) is 5.73 Å². The molecule has 1 saturated heterocycles. The lowest BCUT2D eigenvalue weighted by Crippen LogP contribution is -2.35. The second-order valence-corrected chi connectivity index (χ2v) is 7.68. The van der Waals surface area contributed by atoms with Crippen molar-refractivity contribution in [3.63, 3.8) is 0 Å². The minimum Gasteiger partial charge on any atom is -0.507 e. The number of benzene rings is 2. The van der Waals surface area contributed by atoms with Gasteiger partial charge in [0.1, 0.15) is 5.75 Å². The fourth-order valence-corrected chi connectivity index (χ4v) is 4.18. The number of para-hydroxylation sites is 1. The molecule has 0 bridgehead atoms. The number of hydrogen-bond donors (Lipinski definition) is 3. The van der Waals surface area contributed by atoms with Crippen LogP contribution in [0.2, 0.25) is 0 Å². The molecule has 1 aliphatic rings. The number of nitrogens with zero attached hydrogens (tertiary/aromatic N) is 3. The van der Waals surface area contributed by atoms with Crippen LogP contribution < -0.4 is 10.6 Å². The molecule has 7 nitrogen and oxygen atoms in total. The molecule has 4 rings (SSSR count). The number of piperidine rings is 1. The first-order valence-corrected chi connectivity index (χ1v) is 9.94. The number of nitrogens with two attached hydrogens (primary N) is 1. The molecule has 0 radical (unpaired) electrons. The number of aromatic hydroxyl groups is 1. The van der Waals surface area contributed by atoms with E-state index >= 15 is 0 Å². The molecule has 0 aliphatic carbocycles. The molecule has 4 N–H and O–H groups in total. The molecule has 0 unspecified atom stereocenters. The summed E-state index contributed by atoms with van der Waals surface area (Å²) in [7, 11) is 0. The minimum absolute atomic E-state index is 0.146. The highest BCUT2D eigenvalue weighted by molar-refractivity contribution is 5.88. The third-order valence-corrected chi connectivity index (χ3v) is 5.70. The molecule has 1 aromatic heterocycles. The lowest BCUT2D eigenvalue weighted by Gasteiger charge is -2.35. The topological polar surface area (TPSA) is 113 Å². The maximum Gasteiger partial charge on any atom is 0.335 e. The number of nitrogen functional groups attached to an aromatic ring is 1. The molecular formula is C23H24N4O3. The third-order valence-electron chi connectivity index (χ3n) is 5.70. The minimum atomic E-state index is -0.915. The Bertz CT molecular complexity index is 1100. The molecule has 3 aromatic rings. The summed E-state index contributed by atoms with van der Waals surface area (Å²) in [6.07, 6.45) is 2.01. The summed E-state index contributed by atoms with van der Waals surface area (Å²) in [5.41, 5.74) is 10.6. The van der Waals surface area contributed by atoms with E-state index in [2.05, 4.69) is 15.1 Å². The number of carboxylic acid groups (broad SMARTS) is 1. The van der Waals surface area contributed by atoms with Crippen LogP contribution in [0, 0.1) is 6.92 Å². The van der Waals surface area contributed by atoms with Gasteiger partial charge in [0.25, 0.3) is 0 Å². The Labute approximate surface area is 174 Å². The average Bonchev–Trinajstić information content (AvgIpc) is 2.74. The largest absolute Gasteiger partial charge is 0.507 e. The molecule has 0 amide bonds. The van der Waals surface area contributed by atoms with E-state index in [-0.39, 0.29) is 11.7 Å². The highest BCUT2D eigenvalue weighted by Crippen LogP contribution is 2.36. The van der Waals surface area contributed by atoms with Gasteiger partial charge in [0.15, 0.2) is 5.82 Å². The predicted octanol–water partition coefficient (Wildman–Crippen LogP) is 3.82. The zero-order valence-electron chi connectivity index (χ0n) is 16.7. The van der Waals surface area contributed by atoms with Crippen molar-refractivity contribution in [1.29, 1.82) is 0 Å². The van der Waals surface area contributed by atoms with E-state index in [1.54, 1.807) is 30.3 Å². The zero-order valence-corrected chi connectivity index (χ0v) is 16.7. The van der Waals surface area contributed by atoms with Gasteiger partial charge in [-0.2, -0.15) is 0 Å². The summed E-state index contributed by atoms with van der Waals surface area (Å²) in [4.78, 5) is 13.4. The van der Waals surface area contributed by atoms with E-state index in [9.17, 15) is 15.0 Å². The fourth-order valence-electron chi connectivity index (χ4n) is 4.18. The summed E-state index contributed by atoms with van der Waals surface area (Å²) < 4.78 is 0. The SMILES string of the molecule is Cc1cc(C(=O)O)ccc1[C@H]1CCCN(c2cc(-c3ccccc3O)nnc2N)C1. The van der Waals surface area contributed by atoms with Crippen LogP contribution in [-0.2, 0) is 0 Å². The van der Waals surface area contributed by atoms with Crippen LogP contribution in [0.4, 0.5) is 11.5 Å². The lowest BCUT2D eigenvalue weighted by molar-refractivity contribution is 0.0696. The number of aromatic nitrogens is 2. The Morgan fingerprint density at radius 3 is 2.70 bits per heavy atom. The zero-order chi connectivity index (χ0) is 21.3. The molecule has 0 saturated carbocycles. The first-order chi connectivity index (χ1) is 14.4.